The van der Waals surface area contributed by atoms with Crippen molar-refractivity contribution in [1.82, 2.24) is 4.90 Å². The van der Waals surface area contributed by atoms with E-state index in [1.54, 1.807) is 9.80 Å². The van der Waals surface area contributed by atoms with E-state index < -0.39 is 22.4 Å². The fraction of sp³-hybridized carbons (Fsp3) is 0.650. The van der Waals surface area contributed by atoms with Gasteiger partial charge in [0.15, 0.2) is 0 Å². The summed E-state index contributed by atoms with van der Waals surface area (Å²) in [6.45, 7) is 1.60. The lowest BCUT2D eigenvalue weighted by Gasteiger charge is -2.36. The Morgan fingerprint density at radius 2 is 1.86 bits per heavy atom. The molecule has 6 nitrogen and oxygen atoms in total. The number of fused-ring (bicyclic) bond motifs is 2. The number of halogens is 3. The molecule has 1 saturated heterocycles. The first-order chi connectivity index (χ1) is 13.7. The van der Waals surface area contributed by atoms with Crippen molar-refractivity contribution in [3.05, 3.63) is 33.9 Å². The number of nitro groups is 1. The molecule has 4 rings (SSSR count). The van der Waals surface area contributed by atoms with Gasteiger partial charge in [0.2, 0.25) is 5.91 Å². The van der Waals surface area contributed by atoms with Gasteiger partial charge in [-0.25, -0.2) is 0 Å². The Morgan fingerprint density at radius 3 is 2.41 bits per heavy atom. The molecule has 0 N–H and O–H groups in total. The number of hydrogen-bond donors (Lipinski definition) is 0. The zero-order valence-corrected chi connectivity index (χ0v) is 16.0. The average Bonchev–Trinajstić information content (AvgIpc) is 3.30. The first-order valence-corrected chi connectivity index (χ1v) is 10.1. The first-order valence-electron chi connectivity index (χ1n) is 10.1. The SMILES string of the molecule is O=C(C[C@H]1C[C@H]2CC[C@@H]1C2)N1CCN(c2ccc(C(F)(F)F)cc2[N+](=O)[O-])CC1. The van der Waals surface area contributed by atoms with Gasteiger partial charge in [0.05, 0.1) is 10.5 Å². The van der Waals surface area contributed by atoms with Crippen molar-refractivity contribution in [3.63, 3.8) is 0 Å². The largest absolute Gasteiger partial charge is 0.416 e. The number of nitrogens with zero attached hydrogens (tertiary/aromatic N) is 3. The fourth-order valence-electron chi connectivity index (χ4n) is 5.29. The van der Waals surface area contributed by atoms with Crippen LogP contribution in [0.2, 0.25) is 0 Å². The molecular formula is C20H24F3N3O3. The zero-order chi connectivity index (χ0) is 20.8. The Kier molecular flexibility index (Phi) is 5.16. The summed E-state index contributed by atoms with van der Waals surface area (Å²) < 4.78 is 38.7. The van der Waals surface area contributed by atoms with Gasteiger partial charge in [-0.3, -0.25) is 14.9 Å². The van der Waals surface area contributed by atoms with Gasteiger partial charge < -0.3 is 9.80 Å². The van der Waals surface area contributed by atoms with Crippen LogP contribution in [0.25, 0.3) is 0 Å². The molecule has 2 saturated carbocycles. The molecule has 1 amide bonds. The van der Waals surface area contributed by atoms with Gasteiger partial charge in [0.25, 0.3) is 5.69 Å². The van der Waals surface area contributed by atoms with E-state index in [1.807, 2.05) is 0 Å². The van der Waals surface area contributed by atoms with E-state index in [4.69, 9.17) is 0 Å². The van der Waals surface area contributed by atoms with Crippen LogP contribution in [-0.2, 0) is 11.0 Å². The van der Waals surface area contributed by atoms with E-state index in [0.29, 0.717) is 50.5 Å². The summed E-state index contributed by atoms with van der Waals surface area (Å²) >= 11 is 0. The Balaban J connectivity index is 1.39. The van der Waals surface area contributed by atoms with Crippen LogP contribution < -0.4 is 4.90 Å². The van der Waals surface area contributed by atoms with Crippen molar-refractivity contribution in [2.45, 2.75) is 38.3 Å². The van der Waals surface area contributed by atoms with Crippen molar-refractivity contribution in [3.8, 4) is 0 Å². The van der Waals surface area contributed by atoms with Crippen molar-refractivity contribution in [1.29, 1.82) is 0 Å². The van der Waals surface area contributed by atoms with Crippen LogP contribution in [0.3, 0.4) is 0 Å². The molecule has 29 heavy (non-hydrogen) atoms. The van der Waals surface area contributed by atoms with Gasteiger partial charge in [0.1, 0.15) is 5.69 Å². The quantitative estimate of drug-likeness (QED) is 0.553. The average molecular weight is 411 g/mol. The molecule has 1 aromatic rings. The normalized spacial score (nSPS) is 26.8. The molecule has 1 heterocycles. The molecule has 1 aliphatic heterocycles. The van der Waals surface area contributed by atoms with E-state index in [0.717, 1.165) is 24.5 Å². The van der Waals surface area contributed by atoms with Crippen molar-refractivity contribution in [2.75, 3.05) is 31.1 Å². The smallest absolute Gasteiger partial charge is 0.362 e. The third-order valence-corrected chi connectivity index (χ3v) is 6.79. The van der Waals surface area contributed by atoms with Crippen LogP contribution >= 0.6 is 0 Å². The third kappa shape index (κ3) is 4.04. The van der Waals surface area contributed by atoms with Crippen LogP contribution in [-0.4, -0.2) is 41.9 Å². The lowest BCUT2D eigenvalue weighted by atomic mass is 9.86. The van der Waals surface area contributed by atoms with Crippen LogP contribution in [0.15, 0.2) is 18.2 Å². The lowest BCUT2D eigenvalue weighted by molar-refractivity contribution is -0.384. The number of anilines is 1. The molecule has 0 radical (unpaired) electrons. The van der Waals surface area contributed by atoms with Crippen LogP contribution in [0, 0.1) is 27.9 Å². The molecule has 3 aliphatic rings. The molecular weight excluding hydrogens is 387 g/mol. The minimum atomic E-state index is -4.63. The van der Waals surface area contributed by atoms with Crippen molar-refractivity contribution in [2.24, 2.45) is 17.8 Å². The van der Waals surface area contributed by atoms with Gasteiger partial charge in [-0.15, -0.1) is 0 Å². The summed E-state index contributed by atoms with van der Waals surface area (Å²) in [5, 5.41) is 11.3. The molecule has 3 fully saturated rings. The fourth-order valence-corrected chi connectivity index (χ4v) is 5.29. The summed E-state index contributed by atoms with van der Waals surface area (Å²) in [6, 6.07) is 2.62. The summed E-state index contributed by atoms with van der Waals surface area (Å²) in [6.07, 6.45) is 0.862. The second kappa shape index (κ2) is 7.50. The topological polar surface area (TPSA) is 66.7 Å². The Morgan fingerprint density at radius 1 is 1.14 bits per heavy atom. The van der Waals surface area contributed by atoms with Crippen molar-refractivity contribution < 1.29 is 22.9 Å². The Hall–Kier alpha value is -2.32. The molecule has 9 heteroatoms. The van der Waals surface area contributed by atoms with Crippen LogP contribution in [0.4, 0.5) is 24.5 Å². The Bertz CT molecular complexity index is 806. The maximum atomic E-state index is 12.9. The summed E-state index contributed by atoms with van der Waals surface area (Å²) in [7, 11) is 0. The van der Waals surface area contributed by atoms with Gasteiger partial charge in [-0.05, 0) is 49.1 Å². The van der Waals surface area contributed by atoms with Gasteiger partial charge in [-0.2, -0.15) is 13.2 Å². The molecule has 0 unspecified atom stereocenters. The summed E-state index contributed by atoms with van der Waals surface area (Å²) in [5.74, 6) is 2.08. The molecule has 2 aliphatic carbocycles. The zero-order valence-electron chi connectivity index (χ0n) is 16.0. The monoisotopic (exact) mass is 411 g/mol. The van der Waals surface area contributed by atoms with Crippen LogP contribution in [0.1, 0.15) is 37.7 Å². The highest BCUT2D eigenvalue weighted by Gasteiger charge is 2.41. The van der Waals surface area contributed by atoms with Crippen LogP contribution in [0.5, 0.6) is 0 Å². The second-order valence-corrected chi connectivity index (χ2v) is 8.47. The second-order valence-electron chi connectivity index (χ2n) is 8.47. The first kappa shape index (κ1) is 20.0. The summed E-state index contributed by atoms with van der Waals surface area (Å²) in [4.78, 5) is 26.7. The predicted octanol–water partition coefficient (Wildman–Crippen LogP) is 4.09. The molecule has 158 valence electrons. The minimum Gasteiger partial charge on any atom is -0.362 e. The number of benzene rings is 1. The number of amides is 1. The molecule has 1 aromatic carbocycles. The number of carbonyl (C=O) groups excluding carboxylic acids is 1. The highest BCUT2D eigenvalue weighted by molar-refractivity contribution is 5.77. The van der Waals surface area contributed by atoms with Gasteiger partial charge in [-0.1, -0.05) is 6.42 Å². The minimum absolute atomic E-state index is 0.129. The Labute approximate surface area is 166 Å². The van der Waals surface area contributed by atoms with E-state index in [1.165, 1.54) is 19.3 Å². The standard InChI is InChI=1S/C20H24F3N3O3/c21-20(22,23)16-3-4-17(18(12-16)26(28)29)24-5-7-25(8-6-24)19(27)11-15-10-13-1-2-14(15)9-13/h3-4,12-15H,1-2,5-11H2/t13-,14+,15+/m0/s1. The molecule has 0 spiro atoms. The van der Waals surface area contributed by atoms with E-state index in [-0.39, 0.29) is 11.6 Å². The number of nitro benzene ring substituents is 1. The summed E-state index contributed by atoms with van der Waals surface area (Å²) in [5.41, 5.74) is -1.42. The number of alkyl halides is 3. The number of carbonyl (C=O) groups is 1. The predicted molar refractivity (Wildman–Crippen MR) is 100 cm³/mol. The third-order valence-electron chi connectivity index (χ3n) is 6.79. The van der Waals surface area contributed by atoms with Crippen molar-refractivity contribution >= 4 is 17.3 Å². The maximum Gasteiger partial charge on any atom is 0.416 e. The van der Waals surface area contributed by atoms with Gasteiger partial charge >= 0.3 is 6.18 Å². The van der Waals surface area contributed by atoms with E-state index in [2.05, 4.69) is 0 Å². The number of piperazine rings is 1. The van der Waals surface area contributed by atoms with Gasteiger partial charge in [0, 0.05) is 38.7 Å². The molecule has 3 atom stereocenters. The maximum absolute atomic E-state index is 12.9. The lowest BCUT2D eigenvalue weighted by Crippen LogP contribution is -2.49. The molecule has 0 aromatic heterocycles. The number of rotatable bonds is 4. The number of hydrogen-bond acceptors (Lipinski definition) is 4. The highest BCUT2D eigenvalue weighted by atomic mass is 19.4. The highest BCUT2D eigenvalue weighted by Crippen LogP contribution is 2.49. The molecule has 2 bridgehead atoms. The van der Waals surface area contributed by atoms with E-state index in [9.17, 15) is 28.1 Å². The van der Waals surface area contributed by atoms with E-state index >= 15 is 0 Å².